The normalized spacial score (nSPS) is 12.0. The molecule has 0 unspecified atom stereocenters. The summed E-state index contributed by atoms with van der Waals surface area (Å²) in [5.41, 5.74) is 18.9. The molecular formula is C66H42N4. The highest BCUT2D eigenvalue weighted by atomic mass is 15.0. The topological polar surface area (TPSA) is 19.7 Å². The molecule has 4 heterocycles. The molecule has 4 heteroatoms. The molecule has 0 N–H and O–H groups in total. The van der Waals surface area contributed by atoms with Crippen molar-refractivity contribution in [3.05, 3.63) is 255 Å². The van der Waals surface area contributed by atoms with Gasteiger partial charge in [0.05, 0.1) is 44.1 Å². The average Bonchev–Trinajstić information content (AvgIpc) is 4.16. The van der Waals surface area contributed by atoms with Crippen molar-refractivity contribution < 1.29 is 0 Å². The number of hydrogen-bond acceptors (Lipinski definition) is 0. The molecular weight excluding hydrogens is 849 g/mol. The van der Waals surface area contributed by atoms with E-state index in [9.17, 15) is 0 Å². The third-order valence-corrected chi connectivity index (χ3v) is 14.7. The van der Waals surface area contributed by atoms with E-state index in [4.69, 9.17) is 0 Å². The lowest BCUT2D eigenvalue weighted by molar-refractivity contribution is 1.17. The molecule has 4 nitrogen and oxygen atoms in total. The molecule has 0 bridgehead atoms. The first kappa shape index (κ1) is 38.7. The van der Waals surface area contributed by atoms with Crippen molar-refractivity contribution in [3.63, 3.8) is 0 Å². The largest absolute Gasteiger partial charge is 0.309 e. The summed E-state index contributed by atoms with van der Waals surface area (Å²) in [5, 5.41) is 9.94. The van der Waals surface area contributed by atoms with Gasteiger partial charge in [-0.15, -0.1) is 0 Å². The quantitative estimate of drug-likeness (QED) is 0.158. The highest BCUT2D eigenvalue weighted by Crippen LogP contribution is 2.45. The minimum absolute atomic E-state index is 1.13. The predicted octanol–water partition coefficient (Wildman–Crippen LogP) is 17.4. The van der Waals surface area contributed by atoms with E-state index in [0.29, 0.717) is 0 Å². The Labute approximate surface area is 403 Å². The molecule has 11 aromatic carbocycles. The first-order valence-electron chi connectivity index (χ1n) is 24.1. The van der Waals surface area contributed by atoms with E-state index < -0.39 is 0 Å². The maximum Gasteiger partial charge on any atom is 0.0548 e. The van der Waals surface area contributed by atoms with Crippen molar-refractivity contribution >= 4 is 87.2 Å². The van der Waals surface area contributed by atoms with E-state index in [0.717, 1.165) is 22.7 Å². The van der Waals surface area contributed by atoms with Crippen LogP contribution in [-0.2, 0) is 0 Å². The van der Waals surface area contributed by atoms with Crippen molar-refractivity contribution in [2.24, 2.45) is 0 Å². The lowest BCUT2D eigenvalue weighted by Crippen LogP contribution is -1.94. The number of aromatic nitrogens is 4. The van der Waals surface area contributed by atoms with Gasteiger partial charge >= 0.3 is 0 Å². The summed E-state index contributed by atoms with van der Waals surface area (Å²) in [4.78, 5) is 0. The highest BCUT2D eigenvalue weighted by Gasteiger charge is 2.23. The van der Waals surface area contributed by atoms with Crippen molar-refractivity contribution in [1.82, 2.24) is 18.3 Å². The van der Waals surface area contributed by atoms with Gasteiger partial charge in [0.2, 0.25) is 0 Å². The molecule has 15 rings (SSSR count). The van der Waals surface area contributed by atoms with Crippen LogP contribution < -0.4 is 0 Å². The van der Waals surface area contributed by atoms with Crippen LogP contribution in [0.15, 0.2) is 255 Å². The SMILES string of the molecule is c1ccc(-n2c3ccccc3c3cc(-c4ccc5c6c7c8cc(-c9ccc%10c%11ccccc%11n(-c%11ccccc%11)c%10c9)ccc8n(-c8ccccc8)c7ccc6n(-c6ccccc6)c5c4)ccc32)cc1. The molecule has 0 saturated heterocycles. The fourth-order valence-corrected chi connectivity index (χ4v) is 11.7. The zero-order chi connectivity index (χ0) is 45.9. The number of hydrogen-bond donors (Lipinski definition) is 0. The van der Waals surface area contributed by atoms with Crippen LogP contribution in [0.5, 0.6) is 0 Å². The molecule has 0 atom stereocenters. The lowest BCUT2D eigenvalue weighted by Gasteiger charge is -2.10. The molecule has 70 heavy (non-hydrogen) atoms. The van der Waals surface area contributed by atoms with Gasteiger partial charge < -0.3 is 18.3 Å². The number of para-hydroxylation sites is 6. The van der Waals surface area contributed by atoms with Crippen LogP contribution in [0.4, 0.5) is 0 Å². The average molecular weight is 891 g/mol. The fourth-order valence-electron chi connectivity index (χ4n) is 11.7. The Morgan fingerprint density at radius 3 is 1.00 bits per heavy atom. The molecule has 0 saturated carbocycles. The molecule has 0 fully saturated rings. The zero-order valence-electron chi connectivity index (χ0n) is 38.0. The molecule has 326 valence electrons. The molecule has 0 amide bonds. The summed E-state index contributed by atoms with van der Waals surface area (Å²) in [6.45, 7) is 0. The van der Waals surface area contributed by atoms with Crippen LogP contribution in [0, 0.1) is 0 Å². The summed E-state index contributed by atoms with van der Waals surface area (Å²) in [6.07, 6.45) is 0. The second-order valence-electron chi connectivity index (χ2n) is 18.5. The van der Waals surface area contributed by atoms with Crippen molar-refractivity contribution in [2.45, 2.75) is 0 Å². The first-order valence-corrected chi connectivity index (χ1v) is 24.1. The zero-order valence-corrected chi connectivity index (χ0v) is 38.0. The van der Waals surface area contributed by atoms with Crippen molar-refractivity contribution in [1.29, 1.82) is 0 Å². The Balaban J connectivity index is 0.986. The van der Waals surface area contributed by atoms with Crippen LogP contribution in [-0.4, -0.2) is 18.3 Å². The van der Waals surface area contributed by atoms with Crippen molar-refractivity contribution in [2.75, 3.05) is 0 Å². The second kappa shape index (κ2) is 15.1. The van der Waals surface area contributed by atoms with E-state index in [1.165, 1.54) is 109 Å². The van der Waals surface area contributed by atoms with Crippen LogP contribution in [0.25, 0.3) is 132 Å². The van der Waals surface area contributed by atoms with Gasteiger partial charge in [-0.2, -0.15) is 0 Å². The smallest absolute Gasteiger partial charge is 0.0548 e. The van der Waals surface area contributed by atoms with E-state index in [-0.39, 0.29) is 0 Å². The van der Waals surface area contributed by atoms with Crippen LogP contribution in [0.3, 0.4) is 0 Å². The standard InChI is InChI=1S/C66H42N4/c1-5-17-47(18-6-1)67-58-28-16-14-26-52(58)55-39-43(31-35-59(55)67)46-30-34-54-64(42-46)70(50-23-11-4-12-24-50)61-37-38-62-66(65(54)61)56-40-44(32-36-60(56)68(62)48-19-7-2-8-20-48)45-29-33-53-51-25-13-15-27-57(51)69(63(53)41-45)49-21-9-3-10-22-49/h1-42H. The lowest BCUT2D eigenvalue weighted by atomic mass is 9.98. The van der Waals surface area contributed by atoms with E-state index in [1.54, 1.807) is 0 Å². The number of nitrogens with zero attached hydrogens (tertiary/aromatic N) is 4. The fraction of sp³-hybridized carbons (Fsp3) is 0. The summed E-state index contributed by atoms with van der Waals surface area (Å²) < 4.78 is 9.71. The van der Waals surface area contributed by atoms with Gasteiger partial charge in [-0.3, -0.25) is 0 Å². The molecule has 0 spiro atoms. The van der Waals surface area contributed by atoms with Crippen LogP contribution in [0.2, 0.25) is 0 Å². The Morgan fingerprint density at radius 1 is 0.171 bits per heavy atom. The third kappa shape index (κ3) is 5.65. The number of fused-ring (bicyclic) bond motifs is 13. The second-order valence-corrected chi connectivity index (χ2v) is 18.5. The van der Waals surface area contributed by atoms with Crippen LogP contribution >= 0.6 is 0 Å². The van der Waals surface area contributed by atoms with Gasteiger partial charge in [0.1, 0.15) is 0 Å². The molecule has 15 aromatic rings. The Hall–Kier alpha value is -9.38. The molecule has 0 aliphatic rings. The van der Waals surface area contributed by atoms with Gasteiger partial charge in [-0.25, -0.2) is 0 Å². The molecule has 0 aliphatic carbocycles. The van der Waals surface area contributed by atoms with Gasteiger partial charge in [-0.05, 0) is 131 Å². The van der Waals surface area contributed by atoms with E-state index in [2.05, 4.69) is 273 Å². The maximum atomic E-state index is 2.47. The Morgan fingerprint density at radius 2 is 0.471 bits per heavy atom. The van der Waals surface area contributed by atoms with Crippen molar-refractivity contribution in [3.8, 4) is 45.0 Å². The highest BCUT2D eigenvalue weighted by molar-refractivity contribution is 6.29. The Bertz CT molecular complexity index is 4550. The number of rotatable bonds is 6. The van der Waals surface area contributed by atoms with Gasteiger partial charge in [-0.1, -0.05) is 146 Å². The monoisotopic (exact) mass is 890 g/mol. The summed E-state index contributed by atoms with van der Waals surface area (Å²) in [6, 6.07) is 93.5. The minimum Gasteiger partial charge on any atom is -0.309 e. The van der Waals surface area contributed by atoms with Gasteiger partial charge in [0, 0.05) is 65.8 Å². The van der Waals surface area contributed by atoms with Gasteiger partial charge in [0.15, 0.2) is 0 Å². The van der Waals surface area contributed by atoms with E-state index >= 15 is 0 Å². The summed E-state index contributed by atoms with van der Waals surface area (Å²) in [5.74, 6) is 0. The van der Waals surface area contributed by atoms with Crippen LogP contribution in [0.1, 0.15) is 0 Å². The molecule has 0 aliphatic heterocycles. The predicted molar refractivity (Wildman–Crippen MR) is 295 cm³/mol. The van der Waals surface area contributed by atoms with E-state index in [1.807, 2.05) is 0 Å². The molecule has 4 aromatic heterocycles. The number of benzene rings is 11. The first-order chi connectivity index (χ1) is 34.7. The molecule has 0 radical (unpaired) electrons. The van der Waals surface area contributed by atoms with Gasteiger partial charge in [0.25, 0.3) is 0 Å². The summed E-state index contributed by atoms with van der Waals surface area (Å²) in [7, 11) is 0. The third-order valence-electron chi connectivity index (χ3n) is 14.7. The Kier molecular flexibility index (Phi) is 8.33. The summed E-state index contributed by atoms with van der Waals surface area (Å²) >= 11 is 0. The minimum atomic E-state index is 1.13. The maximum absolute atomic E-state index is 2.47.